The Kier molecular flexibility index (Phi) is 4.82. The summed E-state index contributed by atoms with van der Waals surface area (Å²) in [5, 5.41) is 0. The number of anilines is 1. The third-order valence-corrected chi connectivity index (χ3v) is 2.51. The molecule has 15 heavy (non-hydrogen) atoms. The van der Waals surface area contributed by atoms with Crippen LogP contribution in [0.15, 0.2) is 24.3 Å². The maximum Gasteiger partial charge on any atom is 0.391 e. The Morgan fingerprint density at radius 3 is 2.47 bits per heavy atom. The summed E-state index contributed by atoms with van der Waals surface area (Å²) in [5.74, 6) is 0.482. The molecule has 5 heteroatoms. The lowest BCUT2D eigenvalue weighted by Gasteiger charge is -2.21. The van der Waals surface area contributed by atoms with Crippen LogP contribution >= 0.6 is 8.60 Å². The molecule has 1 aromatic rings. The molecule has 0 aliphatic heterocycles. The molecular formula is C10H16NO3P. The van der Waals surface area contributed by atoms with Crippen molar-refractivity contribution < 1.29 is 14.3 Å². The summed E-state index contributed by atoms with van der Waals surface area (Å²) in [6.45, 7) is 5.96. The van der Waals surface area contributed by atoms with E-state index in [1.54, 1.807) is 12.1 Å². The molecule has 0 amide bonds. The Hall–Kier alpha value is -0.830. The lowest BCUT2D eigenvalue weighted by Crippen LogP contribution is -2.21. The van der Waals surface area contributed by atoms with Crippen LogP contribution in [0.1, 0.15) is 13.8 Å². The summed E-state index contributed by atoms with van der Waals surface area (Å²) in [6.07, 6.45) is 0. The second-order valence-corrected chi connectivity index (χ2v) is 3.70. The highest BCUT2D eigenvalue weighted by atomic mass is 31.2. The molecule has 1 aromatic carbocycles. The highest BCUT2D eigenvalue weighted by Crippen LogP contribution is 2.31. The first-order valence-electron chi connectivity index (χ1n) is 4.88. The van der Waals surface area contributed by atoms with Gasteiger partial charge < -0.3 is 19.2 Å². The van der Waals surface area contributed by atoms with Crippen molar-refractivity contribution in [3.05, 3.63) is 24.3 Å². The van der Waals surface area contributed by atoms with Crippen LogP contribution in [0.4, 0.5) is 5.69 Å². The molecule has 0 radical (unpaired) electrons. The molecule has 0 spiro atoms. The normalized spacial score (nSPS) is 10.5. The monoisotopic (exact) mass is 229 g/mol. The summed E-state index contributed by atoms with van der Waals surface area (Å²) >= 11 is 0. The fraction of sp³-hybridized carbons (Fsp3) is 0.400. The van der Waals surface area contributed by atoms with Crippen LogP contribution in [-0.2, 0) is 0 Å². The SMILES string of the molecule is CCN(CC)c1cccc(OP(O)O)c1. The van der Waals surface area contributed by atoms with Crippen molar-refractivity contribution >= 4 is 14.3 Å². The molecule has 4 nitrogen and oxygen atoms in total. The number of benzene rings is 1. The maximum absolute atomic E-state index is 8.73. The minimum absolute atomic E-state index is 0.482. The molecule has 0 saturated heterocycles. The third-order valence-electron chi connectivity index (χ3n) is 2.13. The first-order valence-corrected chi connectivity index (χ1v) is 6.04. The minimum Gasteiger partial charge on any atom is -0.427 e. The quantitative estimate of drug-likeness (QED) is 0.759. The Balaban J connectivity index is 2.81. The van der Waals surface area contributed by atoms with Crippen molar-refractivity contribution in [2.24, 2.45) is 0 Å². The fourth-order valence-corrected chi connectivity index (χ4v) is 1.72. The molecular weight excluding hydrogens is 213 g/mol. The Morgan fingerprint density at radius 1 is 1.27 bits per heavy atom. The second kappa shape index (κ2) is 5.91. The highest BCUT2D eigenvalue weighted by Gasteiger charge is 2.06. The van der Waals surface area contributed by atoms with Gasteiger partial charge in [-0.05, 0) is 26.0 Å². The molecule has 0 saturated carbocycles. The zero-order valence-corrected chi connectivity index (χ0v) is 9.82. The summed E-state index contributed by atoms with van der Waals surface area (Å²) in [4.78, 5) is 19.6. The Bertz CT molecular complexity index is 302. The average molecular weight is 229 g/mol. The molecule has 0 aliphatic rings. The molecule has 0 bridgehead atoms. The molecule has 0 aromatic heterocycles. The molecule has 0 heterocycles. The van der Waals surface area contributed by atoms with Gasteiger partial charge in [0.15, 0.2) is 0 Å². The molecule has 84 valence electrons. The summed E-state index contributed by atoms with van der Waals surface area (Å²) in [6, 6.07) is 7.31. The van der Waals surface area contributed by atoms with E-state index in [0.29, 0.717) is 5.75 Å². The zero-order chi connectivity index (χ0) is 11.3. The minimum atomic E-state index is -2.34. The van der Waals surface area contributed by atoms with E-state index in [2.05, 4.69) is 18.7 Å². The van der Waals surface area contributed by atoms with Crippen LogP contribution in [0.3, 0.4) is 0 Å². The van der Waals surface area contributed by atoms with Gasteiger partial charge >= 0.3 is 8.60 Å². The number of rotatable bonds is 5. The summed E-state index contributed by atoms with van der Waals surface area (Å²) < 4.78 is 4.84. The van der Waals surface area contributed by atoms with Crippen LogP contribution in [-0.4, -0.2) is 22.9 Å². The molecule has 2 N–H and O–H groups in total. The van der Waals surface area contributed by atoms with Gasteiger partial charge in [0.1, 0.15) is 5.75 Å². The number of hydrogen-bond donors (Lipinski definition) is 2. The van der Waals surface area contributed by atoms with Crippen LogP contribution in [0.25, 0.3) is 0 Å². The average Bonchev–Trinajstić information content (AvgIpc) is 2.19. The van der Waals surface area contributed by atoms with Crippen LogP contribution in [0.2, 0.25) is 0 Å². The van der Waals surface area contributed by atoms with Gasteiger partial charge in [-0.2, -0.15) is 0 Å². The lowest BCUT2D eigenvalue weighted by molar-refractivity contribution is 0.375. The molecule has 0 atom stereocenters. The predicted molar refractivity (Wildman–Crippen MR) is 62.0 cm³/mol. The van der Waals surface area contributed by atoms with Crippen LogP contribution in [0, 0.1) is 0 Å². The lowest BCUT2D eigenvalue weighted by atomic mass is 10.2. The van der Waals surface area contributed by atoms with E-state index in [0.717, 1.165) is 18.8 Å². The third kappa shape index (κ3) is 3.67. The second-order valence-electron chi connectivity index (χ2n) is 3.01. The molecule has 1 rings (SSSR count). The van der Waals surface area contributed by atoms with Gasteiger partial charge in [0.05, 0.1) is 0 Å². The first-order chi connectivity index (χ1) is 7.17. The van der Waals surface area contributed by atoms with Gasteiger partial charge in [-0.1, -0.05) is 6.07 Å². The zero-order valence-electron chi connectivity index (χ0n) is 8.92. The van der Waals surface area contributed by atoms with Gasteiger partial charge in [-0.3, -0.25) is 0 Å². The fourth-order valence-electron chi connectivity index (χ4n) is 1.42. The number of hydrogen-bond acceptors (Lipinski definition) is 4. The van der Waals surface area contributed by atoms with Crippen molar-refractivity contribution in [2.75, 3.05) is 18.0 Å². The topological polar surface area (TPSA) is 52.9 Å². The van der Waals surface area contributed by atoms with Crippen LogP contribution in [0.5, 0.6) is 5.75 Å². The summed E-state index contributed by atoms with van der Waals surface area (Å²) in [5.41, 5.74) is 1.02. The highest BCUT2D eigenvalue weighted by molar-refractivity contribution is 7.39. The van der Waals surface area contributed by atoms with Gasteiger partial charge in [0, 0.05) is 24.8 Å². The molecule has 0 fully saturated rings. The van der Waals surface area contributed by atoms with E-state index >= 15 is 0 Å². The smallest absolute Gasteiger partial charge is 0.391 e. The van der Waals surface area contributed by atoms with Gasteiger partial charge in [0.2, 0.25) is 0 Å². The van der Waals surface area contributed by atoms with Gasteiger partial charge in [0.25, 0.3) is 0 Å². The Labute approximate surface area is 91.1 Å². The Morgan fingerprint density at radius 2 is 1.93 bits per heavy atom. The number of nitrogens with zero attached hydrogens (tertiary/aromatic N) is 1. The van der Waals surface area contributed by atoms with E-state index in [4.69, 9.17) is 14.3 Å². The van der Waals surface area contributed by atoms with E-state index in [9.17, 15) is 0 Å². The van der Waals surface area contributed by atoms with Crippen molar-refractivity contribution in [3.8, 4) is 5.75 Å². The molecule has 0 unspecified atom stereocenters. The predicted octanol–water partition coefficient (Wildman–Crippen LogP) is 2.12. The van der Waals surface area contributed by atoms with Crippen LogP contribution < -0.4 is 9.42 Å². The standard InChI is InChI=1S/C10H16NO3P/c1-3-11(4-2)9-6-5-7-10(8-9)14-15(12)13/h5-8,12-13H,3-4H2,1-2H3. The largest absolute Gasteiger partial charge is 0.427 e. The van der Waals surface area contributed by atoms with E-state index < -0.39 is 8.60 Å². The first kappa shape index (κ1) is 12.2. The van der Waals surface area contributed by atoms with E-state index in [1.807, 2.05) is 12.1 Å². The van der Waals surface area contributed by atoms with Crippen molar-refractivity contribution in [1.29, 1.82) is 0 Å². The van der Waals surface area contributed by atoms with Gasteiger partial charge in [-0.25, -0.2) is 0 Å². The van der Waals surface area contributed by atoms with Gasteiger partial charge in [-0.15, -0.1) is 0 Å². The summed E-state index contributed by atoms with van der Waals surface area (Å²) in [7, 11) is -2.34. The van der Waals surface area contributed by atoms with Crippen molar-refractivity contribution in [3.63, 3.8) is 0 Å². The van der Waals surface area contributed by atoms with Crippen molar-refractivity contribution in [2.45, 2.75) is 13.8 Å². The van der Waals surface area contributed by atoms with E-state index in [1.165, 1.54) is 0 Å². The van der Waals surface area contributed by atoms with E-state index in [-0.39, 0.29) is 0 Å². The maximum atomic E-state index is 8.73. The van der Waals surface area contributed by atoms with Crippen molar-refractivity contribution in [1.82, 2.24) is 0 Å². The molecule has 0 aliphatic carbocycles.